The van der Waals surface area contributed by atoms with E-state index in [9.17, 15) is 5.11 Å². The largest absolute Gasteiger partial charge is 0.392 e. The summed E-state index contributed by atoms with van der Waals surface area (Å²) in [5, 5.41) is 10.0. The van der Waals surface area contributed by atoms with Crippen molar-refractivity contribution in [3.05, 3.63) is 0 Å². The Morgan fingerprint density at radius 2 is 1.86 bits per heavy atom. The summed E-state index contributed by atoms with van der Waals surface area (Å²) in [4.78, 5) is 2.33. The number of aliphatic hydroxyl groups is 1. The SMILES string of the molecule is OC(CN1CCOCC1)C1CCCC1. The summed E-state index contributed by atoms with van der Waals surface area (Å²) < 4.78 is 5.28. The summed E-state index contributed by atoms with van der Waals surface area (Å²) in [5.74, 6) is 0.567. The predicted octanol–water partition coefficient (Wildman–Crippen LogP) is 0.870. The lowest BCUT2D eigenvalue weighted by Gasteiger charge is -2.30. The highest BCUT2D eigenvalue weighted by Gasteiger charge is 2.25. The molecule has 1 heterocycles. The van der Waals surface area contributed by atoms with Crippen LogP contribution in [0.3, 0.4) is 0 Å². The molecule has 14 heavy (non-hydrogen) atoms. The highest BCUT2D eigenvalue weighted by molar-refractivity contribution is 4.78. The van der Waals surface area contributed by atoms with Crippen LogP contribution in [0.2, 0.25) is 0 Å². The highest BCUT2D eigenvalue weighted by Crippen LogP contribution is 2.28. The fraction of sp³-hybridized carbons (Fsp3) is 1.00. The molecule has 2 aliphatic rings. The van der Waals surface area contributed by atoms with E-state index in [-0.39, 0.29) is 6.10 Å². The Hall–Kier alpha value is -0.120. The van der Waals surface area contributed by atoms with Gasteiger partial charge in [-0.2, -0.15) is 0 Å². The summed E-state index contributed by atoms with van der Waals surface area (Å²) in [5.41, 5.74) is 0. The van der Waals surface area contributed by atoms with Gasteiger partial charge in [0.1, 0.15) is 0 Å². The Morgan fingerprint density at radius 3 is 2.50 bits per heavy atom. The Kier molecular flexibility index (Phi) is 3.79. The van der Waals surface area contributed by atoms with E-state index in [0.717, 1.165) is 32.8 Å². The first-order chi connectivity index (χ1) is 6.86. The highest BCUT2D eigenvalue weighted by atomic mass is 16.5. The van der Waals surface area contributed by atoms with Crippen molar-refractivity contribution in [2.24, 2.45) is 5.92 Å². The molecule has 2 rings (SSSR count). The molecule has 2 fully saturated rings. The van der Waals surface area contributed by atoms with Gasteiger partial charge in [0.05, 0.1) is 19.3 Å². The number of morpholine rings is 1. The maximum absolute atomic E-state index is 10.0. The number of rotatable bonds is 3. The lowest BCUT2D eigenvalue weighted by Crippen LogP contribution is -2.42. The first kappa shape index (κ1) is 10.4. The average molecular weight is 199 g/mol. The van der Waals surface area contributed by atoms with E-state index in [4.69, 9.17) is 4.74 Å². The zero-order chi connectivity index (χ0) is 9.80. The molecule has 3 heteroatoms. The van der Waals surface area contributed by atoms with Crippen LogP contribution in [-0.2, 0) is 4.74 Å². The van der Waals surface area contributed by atoms with E-state index in [0.29, 0.717) is 5.92 Å². The van der Waals surface area contributed by atoms with Crippen molar-refractivity contribution in [2.75, 3.05) is 32.8 Å². The topological polar surface area (TPSA) is 32.7 Å². The predicted molar refractivity (Wildman–Crippen MR) is 55.2 cm³/mol. The molecule has 0 aromatic rings. The number of aliphatic hydroxyl groups excluding tert-OH is 1. The van der Waals surface area contributed by atoms with Crippen LogP contribution < -0.4 is 0 Å². The van der Waals surface area contributed by atoms with E-state index >= 15 is 0 Å². The molecule has 1 saturated heterocycles. The lowest BCUT2D eigenvalue weighted by molar-refractivity contribution is 0.00158. The number of β-amino-alcohol motifs (C(OH)–C–C–N with tert-alkyl or cyclic N) is 1. The van der Waals surface area contributed by atoms with Gasteiger partial charge in [-0.25, -0.2) is 0 Å². The second-order valence-corrected chi connectivity index (χ2v) is 4.52. The molecule has 0 bridgehead atoms. The van der Waals surface area contributed by atoms with Crippen molar-refractivity contribution in [3.63, 3.8) is 0 Å². The molecular formula is C11H21NO2. The summed E-state index contributed by atoms with van der Waals surface area (Å²) in [6, 6.07) is 0. The molecule has 0 amide bonds. The smallest absolute Gasteiger partial charge is 0.0695 e. The van der Waals surface area contributed by atoms with Crippen LogP contribution in [0.5, 0.6) is 0 Å². The van der Waals surface area contributed by atoms with Gasteiger partial charge >= 0.3 is 0 Å². The van der Waals surface area contributed by atoms with Gasteiger partial charge < -0.3 is 9.84 Å². The minimum atomic E-state index is -0.101. The van der Waals surface area contributed by atoms with Crippen LogP contribution >= 0.6 is 0 Å². The summed E-state index contributed by atoms with van der Waals surface area (Å²) in [7, 11) is 0. The maximum Gasteiger partial charge on any atom is 0.0695 e. The van der Waals surface area contributed by atoms with Crippen molar-refractivity contribution in [2.45, 2.75) is 31.8 Å². The van der Waals surface area contributed by atoms with Gasteiger partial charge in [0.2, 0.25) is 0 Å². The third kappa shape index (κ3) is 2.69. The fourth-order valence-corrected chi connectivity index (χ4v) is 2.54. The van der Waals surface area contributed by atoms with E-state index in [1.807, 2.05) is 0 Å². The molecule has 3 nitrogen and oxygen atoms in total. The normalized spacial score (nSPS) is 28.1. The molecule has 0 aromatic carbocycles. The zero-order valence-corrected chi connectivity index (χ0v) is 8.82. The van der Waals surface area contributed by atoms with E-state index < -0.39 is 0 Å². The Bertz CT molecular complexity index is 163. The first-order valence-corrected chi connectivity index (χ1v) is 5.84. The third-order valence-electron chi connectivity index (χ3n) is 3.49. The molecule has 0 aromatic heterocycles. The quantitative estimate of drug-likeness (QED) is 0.732. The summed E-state index contributed by atoms with van der Waals surface area (Å²) in [6.45, 7) is 4.50. The van der Waals surface area contributed by atoms with Crippen molar-refractivity contribution < 1.29 is 9.84 Å². The van der Waals surface area contributed by atoms with Crippen molar-refractivity contribution in [1.29, 1.82) is 0 Å². The van der Waals surface area contributed by atoms with Crippen LogP contribution in [-0.4, -0.2) is 49.0 Å². The maximum atomic E-state index is 10.0. The number of ether oxygens (including phenoxy) is 1. The van der Waals surface area contributed by atoms with E-state index in [2.05, 4.69) is 4.90 Å². The number of hydrogen-bond acceptors (Lipinski definition) is 3. The van der Waals surface area contributed by atoms with Gasteiger partial charge in [0, 0.05) is 19.6 Å². The van der Waals surface area contributed by atoms with Crippen LogP contribution in [0.25, 0.3) is 0 Å². The molecule has 1 aliphatic carbocycles. The third-order valence-corrected chi connectivity index (χ3v) is 3.49. The molecule has 1 N–H and O–H groups in total. The molecule has 0 spiro atoms. The molecule has 1 saturated carbocycles. The van der Waals surface area contributed by atoms with Crippen molar-refractivity contribution >= 4 is 0 Å². The first-order valence-electron chi connectivity index (χ1n) is 5.84. The molecule has 1 aliphatic heterocycles. The summed E-state index contributed by atoms with van der Waals surface area (Å²) >= 11 is 0. The molecule has 82 valence electrons. The van der Waals surface area contributed by atoms with Crippen molar-refractivity contribution in [3.8, 4) is 0 Å². The minimum absolute atomic E-state index is 0.101. The fourth-order valence-electron chi connectivity index (χ4n) is 2.54. The second-order valence-electron chi connectivity index (χ2n) is 4.52. The lowest BCUT2D eigenvalue weighted by atomic mass is 10.0. The van der Waals surface area contributed by atoms with E-state index in [1.54, 1.807) is 0 Å². The van der Waals surface area contributed by atoms with Crippen LogP contribution in [0.4, 0.5) is 0 Å². The van der Waals surface area contributed by atoms with Crippen LogP contribution in [0.15, 0.2) is 0 Å². The average Bonchev–Trinajstić information content (AvgIpc) is 2.72. The van der Waals surface area contributed by atoms with Crippen molar-refractivity contribution in [1.82, 2.24) is 4.90 Å². The van der Waals surface area contributed by atoms with Crippen LogP contribution in [0, 0.1) is 5.92 Å². The molecule has 1 unspecified atom stereocenters. The Labute approximate surface area is 86.0 Å². The minimum Gasteiger partial charge on any atom is -0.392 e. The van der Waals surface area contributed by atoms with E-state index in [1.165, 1.54) is 25.7 Å². The monoisotopic (exact) mass is 199 g/mol. The molecular weight excluding hydrogens is 178 g/mol. The van der Waals surface area contributed by atoms with Gasteiger partial charge in [-0.15, -0.1) is 0 Å². The number of nitrogens with zero attached hydrogens (tertiary/aromatic N) is 1. The Morgan fingerprint density at radius 1 is 1.21 bits per heavy atom. The molecule has 0 radical (unpaired) electrons. The van der Waals surface area contributed by atoms with Crippen LogP contribution in [0.1, 0.15) is 25.7 Å². The van der Waals surface area contributed by atoms with Gasteiger partial charge in [-0.3, -0.25) is 4.90 Å². The standard InChI is InChI=1S/C11H21NO2/c13-11(10-3-1-2-4-10)9-12-5-7-14-8-6-12/h10-11,13H,1-9H2. The second kappa shape index (κ2) is 5.10. The van der Waals surface area contributed by atoms with Gasteiger partial charge in [0.25, 0.3) is 0 Å². The number of hydrogen-bond donors (Lipinski definition) is 1. The van der Waals surface area contributed by atoms with Gasteiger partial charge in [-0.05, 0) is 18.8 Å². The Balaban J connectivity index is 1.72. The molecule has 1 atom stereocenters. The summed E-state index contributed by atoms with van der Waals surface area (Å²) in [6.07, 6.45) is 4.97. The zero-order valence-electron chi connectivity index (χ0n) is 8.82. The van der Waals surface area contributed by atoms with Gasteiger partial charge in [0.15, 0.2) is 0 Å². The van der Waals surface area contributed by atoms with Gasteiger partial charge in [-0.1, -0.05) is 12.8 Å².